The van der Waals surface area contributed by atoms with E-state index in [1.54, 1.807) is 22.6 Å². The molecular weight excluding hydrogens is 264 g/mol. The SMILES string of the molecule is O=C(O)c1c(OC2CCCC2)cnn1C1CCCS1. The van der Waals surface area contributed by atoms with Crippen LogP contribution >= 0.6 is 11.8 Å². The van der Waals surface area contributed by atoms with E-state index < -0.39 is 5.97 Å². The van der Waals surface area contributed by atoms with Crippen LogP contribution in [0.5, 0.6) is 5.75 Å². The van der Waals surface area contributed by atoms with Gasteiger partial charge in [0, 0.05) is 0 Å². The summed E-state index contributed by atoms with van der Waals surface area (Å²) in [5.41, 5.74) is 0.214. The number of carboxylic acid groups (broad SMARTS) is 1. The Morgan fingerprint density at radius 1 is 1.37 bits per heavy atom. The first-order chi connectivity index (χ1) is 9.25. The molecule has 3 rings (SSSR count). The van der Waals surface area contributed by atoms with Crippen molar-refractivity contribution in [3.8, 4) is 5.75 Å². The van der Waals surface area contributed by atoms with Crippen molar-refractivity contribution in [3.63, 3.8) is 0 Å². The van der Waals surface area contributed by atoms with E-state index in [2.05, 4.69) is 5.10 Å². The number of aromatic carboxylic acids is 1. The maximum Gasteiger partial charge on any atom is 0.358 e. The second-order valence-electron chi connectivity index (χ2n) is 5.10. The van der Waals surface area contributed by atoms with Gasteiger partial charge in [-0.25, -0.2) is 9.48 Å². The summed E-state index contributed by atoms with van der Waals surface area (Å²) in [6.07, 6.45) is 8.19. The molecule has 1 aliphatic carbocycles. The lowest BCUT2D eigenvalue weighted by Crippen LogP contribution is -2.16. The predicted octanol–water partition coefficient (Wildman–Crippen LogP) is 2.93. The highest BCUT2D eigenvalue weighted by Crippen LogP contribution is 2.38. The standard InChI is InChI=1S/C13H18N2O3S/c16-13(17)12-10(18-9-4-1-2-5-9)8-14-15(12)11-6-3-7-19-11/h8-9,11H,1-7H2,(H,16,17). The maximum absolute atomic E-state index is 11.5. The number of carbonyl (C=O) groups is 1. The van der Waals surface area contributed by atoms with Crippen LogP contribution in [0.25, 0.3) is 0 Å². The molecule has 1 atom stereocenters. The van der Waals surface area contributed by atoms with Crippen molar-refractivity contribution in [2.24, 2.45) is 0 Å². The second kappa shape index (κ2) is 5.45. The Bertz CT molecular complexity index is 462. The highest BCUT2D eigenvalue weighted by Gasteiger charge is 2.28. The highest BCUT2D eigenvalue weighted by atomic mass is 32.2. The van der Waals surface area contributed by atoms with Crippen LogP contribution in [0, 0.1) is 0 Å². The summed E-state index contributed by atoms with van der Waals surface area (Å²) in [6, 6.07) is 0. The number of carboxylic acids is 1. The summed E-state index contributed by atoms with van der Waals surface area (Å²) in [5.74, 6) is 0.562. The van der Waals surface area contributed by atoms with Gasteiger partial charge in [-0.2, -0.15) is 5.10 Å². The molecule has 6 heteroatoms. The highest BCUT2D eigenvalue weighted by molar-refractivity contribution is 7.99. The monoisotopic (exact) mass is 282 g/mol. The number of thioether (sulfide) groups is 1. The van der Waals surface area contributed by atoms with Crippen molar-refractivity contribution in [3.05, 3.63) is 11.9 Å². The van der Waals surface area contributed by atoms with Gasteiger partial charge in [-0.1, -0.05) is 0 Å². The summed E-state index contributed by atoms with van der Waals surface area (Å²) in [4.78, 5) is 11.5. The molecule has 0 aromatic carbocycles. The van der Waals surface area contributed by atoms with E-state index in [1.807, 2.05) is 0 Å². The van der Waals surface area contributed by atoms with Crippen LogP contribution in [-0.4, -0.2) is 32.7 Å². The fraction of sp³-hybridized carbons (Fsp3) is 0.692. The first kappa shape index (κ1) is 12.8. The summed E-state index contributed by atoms with van der Waals surface area (Å²) in [7, 11) is 0. The fourth-order valence-electron chi connectivity index (χ4n) is 2.79. The Hall–Kier alpha value is -1.17. The van der Waals surface area contributed by atoms with Crippen LogP contribution in [0.3, 0.4) is 0 Å². The normalized spacial score (nSPS) is 23.9. The van der Waals surface area contributed by atoms with Gasteiger partial charge >= 0.3 is 5.97 Å². The largest absolute Gasteiger partial charge is 0.486 e. The molecule has 19 heavy (non-hydrogen) atoms. The Kier molecular flexibility index (Phi) is 3.68. The molecule has 0 spiro atoms. The van der Waals surface area contributed by atoms with Crippen molar-refractivity contribution in [2.45, 2.75) is 50.0 Å². The molecule has 1 saturated carbocycles. The lowest BCUT2D eigenvalue weighted by molar-refractivity contribution is 0.0674. The van der Waals surface area contributed by atoms with Gasteiger partial charge in [0.05, 0.1) is 17.7 Å². The van der Waals surface area contributed by atoms with E-state index >= 15 is 0 Å². The van der Waals surface area contributed by atoms with Crippen LogP contribution in [0.4, 0.5) is 0 Å². The van der Waals surface area contributed by atoms with E-state index in [1.165, 1.54) is 12.8 Å². The average molecular weight is 282 g/mol. The van der Waals surface area contributed by atoms with Crippen molar-refractivity contribution >= 4 is 17.7 Å². The van der Waals surface area contributed by atoms with Gasteiger partial charge in [0.1, 0.15) is 0 Å². The molecule has 1 aromatic rings. The molecular formula is C13H18N2O3S. The zero-order valence-corrected chi connectivity index (χ0v) is 11.6. The van der Waals surface area contributed by atoms with Crippen LogP contribution in [0.1, 0.15) is 54.4 Å². The molecule has 1 aromatic heterocycles. The first-order valence-corrected chi connectivity index (χ1v) is 7.89. The number of ether oxygens (including phenoxy) is 1. The molecule has 2 aliphatic rings. The van der Waals surface area contributed by atoms with Crippen LogP contribution in [-0.2, 0) is 0 Å². The van der Waals surface area contributed by atoms with E-state index in [-0.39, 0.29) is 17.2 Å². The van der Waals surface area contributed by atoms with E-state index in [9.17, 15) is 9.90 Å². The molecule has 5 nitrogen and oxygen atoms in total. The molecule has 0 bridgehead atoms. The predicted molar refractivity (Wildman–Crippen MR) is 72.8 cm³/mol. The van der Waals surface area contributed by atoms with Gasteiger partial charge < -0.3 is 9.84 Å². The third kappa shape index (κ3) is 2.59. The molecule has 1 N–H and O–H groups in total. The minimum Gasteiger partial charge on any atom is -0.486 e. The van der Waals surface area contributed by atoms with E-state index in [0.717, 1.165) is 31.4 Å². The van der Waals surface area contributed by atoms with Gasteiger partial charge in [-0.15, -0.1) is 11.8 Å². The van der Waals surface area contributed by atoms with Gasteiger partial charge in [0.2, 0.25) is 0 Å². The topological polar surface area (TPSA) is 64.3 Å². The first-order valence-electron chi connectivity index (χ1n) is 6.85. The fourth-order valence-corrected chi connectivity index (χ4v) is 4.03. The van der Waals surface area contributed by atoms with Gasteiger partial charge in [-0.05, 0) is 44.3 Å². The van der Waals surface area contributed by atoms with E-state index in [0.29, 0.717) is 5.75 Å². The molecule has 0 radical (unpaired) electrons. The third-order valence-electron chi connectivity index (χ3n) is 3.74. The number of hydrogen-bond acceptors (Lipinski definition) is 4. The maximum atomic E-state index is 11.5. The van der Waals surface area contributed by atoms with Crippen LogP contribution in [0.2, 0.25) is 0 Å². The Labute approximate surface area is 116 Å². The molecule has 104 valence electrons. The number of nitrogens with zero attached hydrogens (tertiary/aromatic N) is 2. The van der Waals surface area contributed by atoms with Crippen LogP contribution < -0.4 is 4.74 Å². The molecule has 2 heterocycles. The summed E-state index contributed by atoms with van der Waals surface area (Å²) >= 11 is 1.76. The van der Waals surface area contributed by atoms with Gasteiger partial charge in [0.15, 0.2) is 11.4 Å². The Morgan fingerprint density at radius 2 is 2.16 bits per heavy atom. The molecule has 1 saturated heterocycles. The molecule has 1 unspecified atom stereocenters. The zero-order valence-electron chi connectivity index (χ0n) is 10.7. The summed E-state index contributed by atoms with van der Waals surface area (Å²) in [6.45, 7) is 0. The molecule has 2 fully saturated rings. The van der Waals surface area contributed by atoms with Crippen molar-refractivity contribution < 1.29 is 14.6 Å². The third-order valence-corrected chi connectivity index (χ3v) is 5.08. The van der Waals surface area contributed by atoms with Crippen molar-refractivity contribution in [1.29, 1.82) is 0 Å². The van der Waals surface area contributed by atoms with Crippen molar-refractivity contribution in [1.82, 2.24) is 9.78 Å². The minimum absolute atomic E-state index is 0.145. The zero-order chi connectivity index (χ0) is 13.2. The smallest absolute Gasteiger partial charge is 0.358 e. The van der Waals surface area contributed by atoms with Crippen LogP contribution in [0.15, 0.2) is 6.20 Å². The Balaban J connectivity index is 1.84. The average Bonchev–Trinajstić information content (AvgIpc) is 3.09. The number of hydrogen-bond donors (Lipinski definition) is 1. The minimum atomic E-state index is -0.946. The number of rotatable bonds is 4. The summed E-state index contributed by atoms with van der Waals surface area (Å²) < 4.78 is 7.46. The lowest BCUT2D eigenvalue weighted by Gasteiger charge is -2.14. The quantitative estimate of drug-likeness (QED) is 0.919. The number of aromatic nitrogens is 2. The lowest BCUT2D eigenvalue weighted by atomic mass is 10.3. The Morgan fingerprint density at radius 3 is 2.79 bits per heavy atom. The van der Waals surface area contributed by atoms with E-state index in [4.69, 9.17) is 4.74 Å². The summed E-state index contributed by atoms with van der Waals surface area (Å²) in [5, 5.41) is 13.8. The van der Waals surface area contributed by atoms with Gasteiger partial charge in [0.25, 0.3) is 0 Å². The molecule has 0 amide bonds. The molecule has 1 aliphatic heterocycles. The van der Waals surface area contributed by atoms with Gasteiger partial charge in [-0.3, -0.25) is 0 Å². The van der Waals surface area contributed by atoms with Crippen molar-refractivity contribution in [2.75, 3.05) is 5.75 Å². The second-order valence-corrected chi connectivity index (χ2v) is 6.38.